The van der Waals surface area contributed by atoms with Gasteiger partial charge in [-0.25, -0.2) is 0 Å². The molecule has 0 amide bonds. The molecule has 1 aromatic rings. The molecule has 3 aliphatic heterocycles. The number of hydrogen-bond acceptors (Lipinski definition) is 10. The van der Waals surface area contributed by atoms with Crippen LogP contribution in [0, 0.1) is 0 Å². The zero-order chi connectivity index (χ0) is 22.1. The summed E-state index contributed by atoms with van der Waals surface area (Å²) in [5.41, 5.74) is 1.70. The molecule has 0 radical (unpaired) electrons. The molecule has 172 valence electrons. The highest BCUT2D eigenvalue weighted by molar-refractivity contribution is 5.47. The second-order valence-corrected chi connectivity index (χ2v) is 7.88. The van der Waals surface area contributed by atoms with Crippen LogP contribution in [-0.4, -0.2) is 94.1 Å². The summed E-state index contributed by atoms with van der Waals surface area (Å²) >= 11 is 0. The van der Waals surface area contributed by atoms with E-state index in [4.69, 9.17) is 23.7 Å². The largest absolute Gasteiger partial charge is 0.394 e. The van der Waals surface area contributed by atoms with E-state index in [2.05, 4.69) is 6.58 Å². The Bertz CT molecular complexity index is 740. The standard InChI is InChI=1S/C21H28O10/c1-2-10-3-5-11(6-4-10)20-27-9-14-19(31-20)17(25)18(26)21(29-14)30-15-7-12(23)16(24)13(8-22)28-15/h2-6,12-26H,1,7-9H2/t12-,13-,14-,15-,16+,17?,18-,19-,20?,21-/m1/s1. The Morgan fingerprint density at radius 2 is 1.74 bits per heavy atom. The van der Waals surface area contributed by atoms with E-state index in [0.717, 1.165) is 11.1 Å². The van der Waals surface area contributed by atoms with Gasteiger partial charge in [-0.05, 0) is 5.56 Å². The Balaban J connectivity index is 1.39. The molecular formula is C21H28O10. The molecule has 4 rings (SSSR count). The topological polar surface area (TPSA) is 147 Å². The SMILES string of the molecule is C=Cc1ccc(C2OC[C@H]3O[C@H](O[C@@H]4C[C@@H](O)[C@H](O)[C@@H](CO)O4)[C@H](O)C(O)[C@@H]3O2)cc1. The van der Waals surface area contributed by atoms with Crippen LogP contribution in [0.5, 0.6) is 0 Å². The second-order valence-electron chi connectivity index (χ2n) is 7.88. The summed E-state index contributed by atoms with van der Waals surface area (Å²) in [4.78, 5) is 0. The minimum Gasteiger partial charge on any atom is -0.394 e. The molecule has 10 nitrogen and oxygen atoms in total. The van der Waals surface area contributed by atoms with Crippen molar-refractivity contribution < 1.29 is 49.2 Å². The van der Waals surface area contributed by atoms with Gasteiger partial charge in [-0.15, -0.1) is 0 Å². The maximum absolute atomic E-state index is 10.6. The summed E-state index contributed by atoms with van der Waals surface area (Å²) in [5.74, 6) is 0. The molecule has 1 aromatic carbocycles. The molecule has 10 heteroatoms. The van der Waals surface area contributed by atoms with Gasteiger partial charge < -0.3 is 49.2 Å². The van der Waals surface area contributed by atoms with Crippen LogP contribution in [-0.2, 0) is 23.7 Å². The van der Waals surface area contributed by atoms with Crippen molar-refractivity contribution in [2.75, 3.05) is 13.2 Å². The summed E-state index contributed by atoms with van der Waals surface area (Å²) in [6, 6.07) is 7.39. The molecule has 3 heterocycles. The van der Waals surface area contributed by atoms with Crippen LogP contribution >= 0.6 is 0 Å². The molecule has 0 aromatic heterocycles. The van der Waals surface area contributed by atoms with E-state index in [0.29, 0.717) is 0 Å². The highest BCUT2D eigenvalue weighted by atomic mass is 16.8. The van der Waals surface area contributed by atoms with Gasteiger partial charge in [-0.1, -0.05) is 36.9 Å². The Labute approximate surface area is 179 Å². The fourth-order valence-corrected chi connectivity index (χ4v) is 3.95. The fourth-order valence-electron chi connectivity index (χ4n) is 3.95. The van der Waals surface area contributed by atoms with Crippen molar-refractivity contribution in [3.8, 4) is 0 Å². The number of aliphatic hydroxyl groups excluding tert-OH is 5. The normalized spacial score (nSPS) is 43.3. The summed E-state index contributed by atoms with van der Waals surface area (Å²) in [6.07, 6.45) is -9.25. The molecule has 0 saturated carbocycles. The van der Waals surface area contributed by atoms with Gasteiger partial charge in [-0.2, -0.15) is 0 Å². The number of fused-ring (bicyclic) bond motifs is 1. The van der Waals surface area contributed by atoms with Crippen LogP contribution in [0.3, 0.4) is 0 Å². The van der Waals surface area contributed by atoms with Crippen molar-refractivity contribution in [3.63, 3.8) is 0 Å². The number of rotatable bonds is 5. The van der Waals surface area contributed by atoms with E-state index < -0.39 is 68.2 Å². The lowest BCUT2D eigenvalue weighted by molar-refractivity contribution is -0.388. The Kier molecular flexibility index (Phi) is 7.04. The lowest BCUT2D eigenvalue weighted by atomic mass is 9.97. The lowest BCUT2D eigenvalue weighted by Crippen LogP contribution is -2.63. The summed E-state index contributed by atoms with van der Waals surface area (Å²) in [7, 11) is 0. The molecule has 3 fully saturated rings. The van der Waals surface area contributed by atoms with Gasteiger partial charge in [0.1, 0.15) is 36.6 Å². The lowest BCUT2D eigenvalue weighted by Gasteiger charge is -2.47. The highest BCUT2D eigenvalue weighted by Gasteiger charge is 2.50. The van der Waals surface area contributed by atoms with Crippen molar-refractivity contribution in [1.82, 2.24) is 0 Å². The third-order valence-electron chi connectivity index (χ3n) is 5.78. The first-order chi connectivity index (χ1) is 14.9. The molecule has 3 saturated heterocycles. The predicted molar refractivity (Wildman–Crippen MR) is 104 cm³/mol. The number of aliphatic hydroxyl groups is 5. The average Bonchev–Trinajstić information content (AvgIpc) is 2.79. The summed E-state index contributed by atoms with van der Waals surface area (Å²) in [5, 5.41) is 50.2. The maximum atomic E-state index is 10.6. The zero-order valence-electron chi connectivity index (χ0n) is 16.8. The molecule has 0 bridgehead atoms. The molecular weight excluding hydrogens is 412 g/mol. The van der Waals surface area contributed by atoms with E-state index in [-0.39, 0.29) is 13.0 Å². The number of benzene rings is 1. The van der Waals surface area contributed by atoms with E-state index in [1.54, 1.807) is 6.08 Å². The summed E-state index contributed by atoms with van der Waals surface area (Å²) < 4.78 is 28.3. The van der Waals surface area contributed by atoms with Crippen LogP contribution in [0.2, 0.25) is 0 Å². The van der Waals surface area contributed by atoms with Crippen molar-refractivity contribution >= 4 is 6.08 Å². The van der Waals surface area contributed by atoms with Crippen LogP contribution in [0.1, 0.15) is 23.8 Å². The molecule has 10 atom stereocenters. The van der Waals surface area contributed by atoms with E-state index in [1.165, 1.54) is 0 Å². The zero-order valence-corrected chi connectivity index (χ0v) is 16.8. The Hall–Kier alpha value is -1.44. The van der Waals surface area contributed by atoms with Crippen LogP contribution < -0.4 is 0 Å². The first kappa shape index (κ1) is 22.7. The molecule has 3 aliphatic rings. The predicted octanol–water partition coefficient (Wildman–Crippen LogP) is -0.964. The minimum absolute atomic E-state index is 0.0916. The van der Waals surface area contributed by atoms with Gasteiger partial charge in [0.05, 0.1) is 19.3 Å². The monoisotopic (exact) mass is 440 g/mol. The quantitative estimate of drug-likeness (QED) is 0.388. The first-order valence-electron chi connectivity index (χ1n) is 10.2. The Morgan fingerprint density at radius 3 is 2.42 bits per heavy atom. The van der Waals surface area contributed by atoms with Crippen molar-refractivity contribution in [3.05, 3.63) is 42.0 Å². The first-order valence-corrected chi connectivity index (χ1v) is 10.2. The second kappa shape index (κ2) is 9.59. The number of hydrogen-bond donors (Lipinski definition) is 5. The van der Waals surface area contributed by atoms with Crippen molar-refractivity contribution in [2.45, 2.75) is 68.0 Å². The van der Waals surface area contributed by atoms with Gasteiger partial charge in [0.25, 0.3) is 0 Å². The Morgan fingerprint density at radius 1 is 1.00 bits per heavy atom. The molecule has 0 aliphatic carbocycles. The number of ether oxygens (including phenoxy) is 5. The summed E-state index contributed by atoms with van der Waals surface area (Å²) in [6.45, 7) is 3.29. The molecule has 31 heavy (non-hydrogen) atoms. The average molecular weight is 440 g/mol. The van der Waals surface area contributed by atoms with E-state index in [1.807, 2.05) is 24.3 Å². The van der Waals surface area contributed by atoms with Gasteiger partial charge in [0.2, 0.25) is 0 Å². The van der Waals surface area contributed by atoms with Crippen molar-refractivity contribution in [2.24, 2.45) is 0 Å². The smallest absolute Gasteiger partial charge is 0.189 e. The van der Waals surface area contributed by atoms with Crippen LogP contribution in [0.25, 0.3) is 6.08 Å². The van der Waals surface area contributed by atoms with Crippen LogP contribution in [0.4, 0.5) is 0 Å². The fraction of sp³-hybridized carbons (Fsp3) is 0.619. The minimum atomic E-state index is -1.46. The third kappa shape index (κ3) is 4.69. The molecule has 5 N–H and O–H groups in total. The maximum Gasteiger partial charge on any atom is 0.189 e. The van der Waals surface area contributed by atoms with Gasteiger partial charge in [0.15, 0.2) is 18.9 Å². The molecule has 0 spiro atoms. The van der Waals surface area contributed by atoms with Crippen LogP contribution in [0.15, 0.2) is 30.8 Å². The van der Waals surface area contributed by atoms with Gasteiger partial charge >= 0.3 is 0 Å². The van der Waals surface area contributed by atoms with E-state index >= 15 is 0 Å². The highest BCUT2D eigenvalue weighted by Crippen LogP contribution is 2.35. The third-order valence-corrected chi connectivity index (χ3v) is 5.78. The van der Waals surface area contributed by atoms with Gasteiger partial charge in [-0.3, -0.25) is 0 Å². The molecule has 2 unspecified atom stereocenters. The van der Waals surface area contributed by atoms with Crippen molar-refractivity contribution in [1.29, 1.82) is 0 Å². The van der Waals surface area contributed by atoms with Gasteiger partial charge in [0, 0.05) is 12.0 Å². The van der Waals surface area contributed by atoms with E-state index in [9.17, 15) is 25.5 Å².